The van der Waals surface area contributed by atoms with E-state index in [0.717, 1.165) is 17.1 Å². The molecule has 3 heterocycles. The van der Waals surface area contributed by atoms with E-state index in [1.54, 1.807) is 22.3 Å². The summed E-state index contributed by atoms with van der Waals surface area (Å²) in [6, 6.07) is 7.29. The number of hydrogen-bond acceptors (Lipinski definition) is 8. The van der Waals surface area contributed by atoms with Crippen LogP contribution in [0, 0.1) is 0 Å². The lowest BCUT2D eigenvalue weighted by Gasteiger charge is -2.11. The number of para-hydroxylation sites is 1. The molecule has 0 aliphatic heterocycles. The van der Waals surface area contributed by atoms with E-state index in [1.807, 2.05) is 31.2 Å². The van der Waals surface area contributed by atoms with Crippen LogP contribution in [0.15, 0.2) is 65.1 Å². The van der Waals surface area contributed by atoms with Gasteiger partial charge in [0.1, 0.15) is 23.2 Å². The second-order valence-corrected chi connectivity index (χ2v) is 8.91. The lowest BCUT2D eigenvalue weighted by molar-refractivity contribution is -0.107. The minimum absolute atomic E-state index is 0.0841. The van der Waals surface area contributed by atoms with E-state index in [4.69, 9.17) is 5.11 Å². The van der Waals surface area contributed by atoms with Gasteiger partial charge < -0.3 is 20.3 Å². The van der Waals surface area contributed by atoms with Crippen LogP contribution >= 0.6 is 0 Å². The second-order valence-electron chi connectivity index (χ2n) is 7.50. The van der Waals surface area contributed by atoms with E-state index >= 15 is 0 Å². The molecule has 0 spiro atoms. The largest absolute Gasteiger partial charge is 0.506 e. The second kappa shape index (κ2) is 11.5. The Balaban J connectivity index is 0.00000186. The first-order valence-corrected chi connectivity index (χ1v) is 12.0. The van der Waals surface area contributed by atoms with Crippen molar-refractivity contribution in [3.8, 4) is 17.1 Å². The number of carbonyl (C=O) groups is 2. The summed E-state index contributed by atoms with van der Waals surface area (Å²) >= 11 is 0. The van der Waals surface area contributed by atoms with E-state index in [1.165, 1.54) is 13.2 Å². The smallest absolute Gasteiger partial charge is 0.268 e. The number of aldehydes is 1. The average molecular weight is 524 g/mol. The summed E-state index contributed by atoms with van der Waals surface area (Å²) in [4.78, 5) is 45.0. The molecule has 12 heteroatoms. The number of nitrogens with zero attached hydrogens (tertiary/aromatic N) is 4. The Hall–Kier alpha value is -4.42. The summed E-state index contributed by atoms with van der Waals surface area (Å²) in [7, 11) is 0.823. The van der Waals surface area contributed by atoms with Gasteiger partial charge >= 0.3 is 0 Å². The molecule has 0 saturated heterocycles. The number of hydrogen-bond donors (Lipinski definition) is 3. The third kappa shape index (κ3) is 4.97. The fraction of sp³-hybridized carbons (Fsp3) is 0.160. The van der Waals surface area contributed by atoms with Gasteiger partial charge in [-0.25, -0.2) is 14.2 Å². The van der Waals surface area contributed by atoms with Crippen molar-refractivity contribution in [2.24, 2.45) is 7.05 Å². The number of benzene rings is 1. The first-order valence-electron chi connectivity index (χ1n) is 10.9. The number of aryl methyl sites for hydroxylation is 1. The third-order valence-electron chi connectivity index (χ3n) is 5.34. The molecule has 37 heavy (non-hydrogen) atoms. The van der Waals surface area contributed by atoms with Crippen molar-refractivity contribution >= 4 is 45.1 Å². The number of carbonyl (C=O) groups excluding carboxylic acids is 2. The molecule has 0 aliphatic carbocycles. The first-order chi connectivity index (χ1) is 17.8. The van der Waals surface area contributed by atoms with E-state index in [-0.39, 0.29) is 23.4 Å². The van der Waals surface area contributed by atoms with E-state index < -0.39 is 33.8 Å². The molecule has 3 aromatic heterocycles. The number of aromatic hydroxyl groups is 1. The highest BCUT2D eigenvalue weighted by molar-refractivity contribution is 7.87. The Morgan fingerprint density at radius 3 is 2.62 bits per heavy atom. The van der Waals surface area contributed by atoms with Crippen molar-refractivity contribution in [2.75, 3.05) is 13.7 Å². The number of aliphatic hydroxyl groups is 1. The molecule has 4 aromatic rings. The molecular weight excluding hydrogens is 498 g/mol. The molecule has 192 valence electrons. The van der Waals surface area contributed by atoms with E-state index in [0.29, 0.717) is 22.3 Å². The van der Waals surface area contributed by atoms with Crippen LogP contribution in [-0.4, -0.2) is 58.8 Å². The normalized spacial score (nSPS) is 11.8. The van der Waals surface area contributed by atoms with Gasteiger partial charge in [-0.15, -0.1) is 0 Å². The molecule has 0 bridgehead atoms. The summed E-state index contributed by atoms with van der Waals surface area (Å²) in [5.41, 5.74) is 0.0422. The topological polar surface area (TPSA) is 156 Å². The van der Waals surface area contributed by atoms with Crippen LogP contribution in [0.1, 0.15) is 17.3 Å². The van der Waals surface area contributed by atoms with Crippen molar-refractivity contribution in [3.05, 3.63) is 76.2 Å². The maximum Gasteiger partial charge on any atom is 0.268 e. The van der Waals surface area contributed by atoms with Crippen LogP contribution in [0.5, 0.6) is 5.75 Å². The van der Waals surface area contributed by atoms with E-state index in [2.05, 4.69) is 21.9 Å². The van der Waals surface area contributed by atoms with Gasteiger partial charge in [0, 0.05) is 37.5 Å². The number of nitrogens with one attached hydrogen (secondary N) is 1. The minimum Gasteiger partial charge on any atom is -0.506 e. The molecular formula is C25H25N5O6S. The summed E-state index contributed by atoms with van der Waals surface area (Å²) in [5.74, 6) is -1.23. The van der Waals surface area contributed by atoms with Gasteiger partial charge in [-0.1, -0.05) is 30.9 Å². The maximum absolute atomic E-state index is 13.1. The number of rotatable bonds is 7. The van der Waals surface area contributed by atoms with Gasteiger partial charge in [0.2, 0.25) is 0 Å². The number of fused-ring (bicyclic) bond motifs is 2. The highest BCUT2D eigenvalue weighted by Crippen LogP contribution is 2.32. The Kier molecular flexibility index (Phi) is 8.48. The number of aliphatic hydroxyl groups excluding tert-OH is 1. The molecule has 3 N–H and O–H groups in total. The maximum atomic E-state index is 13.1. The van der Waals surface area contributed by atoms with Crippen molar-refractivity contribution in [3.63, 3.8) is 0 Å². The molecule has 4 rings (SSSR count). The van der Waals surface area contributed by atoms with Crippen LogP contribution in [0.3, 0.4) is 0 Å². The fourth-order valence-corrected chi connectivity index (χ4v) is 4.73. The standard InChI is InChI=1S/C24H21N5O5S.CH4O/c1-4-7-14(2)35(34)29-13-17(15-8-5-6-9-18(15)29)21-26-12-16-20(31)19(23(32)25-10-11-30)24(33)28(3)22(16)27-21;1-2/h4-9,11-13,31H,2,10H2,1,3H3,(H,25,32);2H,1H3/b7-4-;. The van der Waals surface area contributed by atoms with Crippen molar-refractivity contribution in [1.29, 1.82) is 0 Å². The molecule has 0 radical (unpaired) electrons. The average Bonchev–Trinajstić information content (AvgIpc) is 3.31. The highest BCUT2D eigenvalue weighted by Gasteiger charge is 2.23. The fourth-order valence-electron chi connectivity index (χ4n) is 3.69. The minimum atomic E-state index is -1.59. The molecule has 1 amide bonds. The summed E-state index contributed by atoms with van der Waals surface area (Å²) < 4.78 is 15.8. The Labute approximate surface area is 214 Å². The molecule has 11 nitrogen and oxygen atoms in total. The van der Waals surface area contributed by atoms with Gasteiger partial charge in [0.05, 0.1) is 22.4 Å². The lowest BCUT2D eigenvalue weighted by Crippen LogP contribution is -2.33. The number of pyridine rings is 1. The zero-order valence-electron chi connectivity index (χ0n) is 20.3. The van der Waals surface area contributed by atoms with Crippen molar-refractivity contribution in [1.82, 2.24) is 23.8 Å². The third-order valence-corrected chi connectivity index (χ3v) is 6.59. The van der Waals surface area contributed by atoms with Crippen molar-refractivity contribution < 1.29 is 24.0 Å². The molecule has 0 aliphatic rings. The zero-order chi connectivity index (χ0) is 27.3. The zero-order valence-corrected chi connectivity index (χ0v) is 21.2. The van der Waals surface area contributed by atoms with Gasteiger partial charge in [-0.3, -0.25) is 18.1 Å². The van der Waals surface area contributed by atoms with Gasteiger partial charge in [0.15, 0.2) is 16.8 Å². The van der Waals surface area contributed by atoms with Crippen molar-refractivity contribution in [2.45, 2.75) is 6.92 Å². The molecule has 0 saturated carbocycles. The van der Waals surface area contributed by atoms with Crippen LogP contribution < -0.4 is 10.9 Å². The quantitative estimate of drug-likeness (QED) is 0.245. The monoisotopic (exact) mass is 523 g/mol. The van der Waals surface area contributed by atoms with Gasteiger partial charge in [-0.05, 0) is 19.1 Å². The molecule has 1 unspecified atom stereocenters. The van der Waals surface area contributed by atoms with Gasteiger partial charge in [-0.2, -0.15) is 0 Å². The Bertz CT molecular complexity index is 1640. The van der Waals surface area contributed by atoms with Crippen LogP contribution in [-0.2, 0) is 22.8 Å². The number of amides is 1. The molecule has 1 aromatic carbocycles. The highest BCUT2D eigenvalue weighted by atomic mass is 32.2. The van der Waals surface area contributed by atoms with Crippen LogP contribution in [0.2, 0.25) is 0 Å². The van der Waals surface area contributed by atoms with E-state index in [9.17, 15) is 23.7 Å². The summed E-state index contributed by atoms with van der Waals surface area (Å²) in [6.45, 7) is 5.37. The van der Waals surface area contributed by atoms with Crippen LogP contribution in [0.4, 0.5) is 0 Å². The summed E-state index contributed by atoms with van der Waals surface area (Å²) in [6.07, 6.45) is 6.84. The van der Waals surface area contributed by atoms with Gasteiger partial charge in [0.25, 0.3) is 11.5 Å². The SMILES string of the molecule is C=C(/C=C\C)S(=O)n1cc(-c2ncc3c(O)c(C(=O)NCC=O)c(=O)n(C)c3n2)c2ccccc21.CO. The molecule has 0 fully saturated rings. The number of aromatic nitrogens is 4. The predicted molar refractivity (Wildman–Crippen MR) is 141 cm³/mol. The Morgan fingerprint density at radius 1 is 1.24 bits per heavy atom. The summed E-state index contributed by atoms with van der Waals surface area (Å²) in [5, 5.41) is 20.7. The Morgan fingerprint density at radius 2 is 1.95 bits per heavy atom. The lowest BCUT2D eigenvalue weighted by atomic mass is 10.1. The predicted octanol–water partition coefficient (Wildman–Crippen LogP) is 1.79. The first kappa shape index (κ1) is 27.2. The number of allylic oxidation sites excluding steroid dienone is 2. The molecule has 1 atom stereocenters. The van der Waals surface area contributed by atoms with Crippen LogP contribution in [0.25, 0.3) is 33.3 Å².